The molecule has 0 saturated carbocycles. The van der Waals surface area contributed by atoms with Crippen molar-refractivity contribution in [1.29, 1.82) is 0 Å². The minimum Gasteiger partial charge on any atom is -0.485 e. The number of carboxylic acids is 1. The molecule has 0 amide bonds. The lowest BCUT2D eigenvalue weighted by Crippen LogP contribution is -2.40. The zero-order valence-corrected chi connectivity index (χ0v) is 21.5. The van der Waals surface area contributed by atoms with Gasteiger partial charge in [0.2, 0.25) is 10.0 Å². The van der Waals surface area contributed by atoms with Crippen LogP contribution in [-0.2, 0) is 10.0 Å². The number of fused-ring (bicyclic) bond motifs is 4. The van der Waals surface area contributed by atoms with Gasteiger partial charge in [0.05, 0.1) is 11.3 Å². The number of carbonyl (C=O) groups is 1. The number of rotatable bonds is 5. The third-order valence-corrected chi connectivity index (χ3v) is 9.15. The largest absolute Gasteiger partial charge is 0.485 e. The predicted molar refractivity (Wildman–Crippen MR) is 140 cm³/mol. The van der Waals surface area contributed by atoms with E-state index in [1.54, 1.807) is 37.4 Å². The summed E-state index contributed by atoms with van der Waals surface area (Å²) in [6.45, 7) is 4.53. The van der Waals surface area contributed by atoms with Gasteiger partial charge in [-0.05, 0) is 49.2 Å². The lowest BCUT2D eigenvalue weighted by molar-refractivity contribution is 0.0696. The van der Waals surface area contributed by atoms with Crippen LogP contribution in [0.1, 0.15) is 55.1 Å². The van der Waals surface area contributed by atoms with E-state index < -0.39 is 16.0 Å². The third kappa shape index (κ3) is 4.04. The third-order valence-electron chi connectivity index (χ3n) is 7.21. The van der Waals surface area contributed by atoms with Crippen LogP contribution in [0.3, 0.4) is 0 Å². The number of anilines is 2. The molecule has 2 aliphatic heterocycles. The lowest BCUT2D eigenvalue weighted by atomic mass is 9.91. The van der Waals surface area contributed by atoms with Crippen molar-refractivity contribution < 1.29 is 23.1 Å². The maximum atomic E-state index is 14.0. The summed E-state index contributed by atoms with van der Waals surface area (Å²) in [5.41, 5.74) is 3.71. The molecule has 0 spiro atoms. The SMILES string of the molecule is CCCCC1CN(c2ccccc2)c2cc3c(cc2S(=O)(=O)N1C)-c1cc(C(=O)O)ccc1C(C)O3. The number of likely N-dealkylation sites (N-methyl/N-ethyl adjacent to an activating group) is 1. The van der Waals surface area contributed by atoms with Crippen molar-refractivity contribution in [1.82, 2.24) is 4.31 Å². The summed E-state index contributed by atoms with van der Waals surface area (Å²) in [5.74, 6) is -0.489. The molecule has 8 heteroatoms. The molecule has 0 bridgehead atoms. The minimum atomic E-state index is -3.83. The Labute approximate surface area is 212 Å². The van der Waals surface area contributed by atoms with Crippen molar-refractivity contribution in [2.24, 2.45) is 0 Å². The molecule has 188 valence electrons. The van der Waals surface area contributed by atoms with E-state index in [-0.39, 0.29) is 22.6 Å². The highest BCUT2D eigenvalue weighted by Gasteiger charge is 2.38. The highest BCUT2D eigenvalue weighted by molar-refractivity contribution is 7.89. The minimum absolute atomic E-state index is 0.147. The van der Waals surface area contributed by atoms with Gasteiger partial charge in [-0.15, -0.1) is 0 Å². The predicted octanol–water partition coefficient (Wildman–Crippen LogP) is 5.84. The Hall–Kier alpha value is -3.36. The van der Waals surface area contributed by atoms with Crippen LogP contribution < -0.4 is 9.64 Å². The molecule has 0 aromatic heterocycles. The van der Waals surface area contributed by atoms with Crippen LogP contribution in [0.15, 0.2) is 65.6 Å². The second kappa shape index (κ2) is 9.26. The monoisotopic (exact) mass is 506 g/mol. The molecule has 2 aliphatic rings. The Bertz CT molecular complexity index is 1420. The molecule has 7 nitrogen and oxygen atoms in total. The normalized spacial score (nSPS) is 20.5. The second-order valence-electron chi connectivity index (χ2n) is 9.45. The number of hydrogen-bond donors (Lipinski definition) is 1. The number of benzene rings is 3. The van der Waals surface area contributed by atoms with E-state index >= 15 is 0 Å². The van der Waals surface area contributed by atoms with Gasteiger partial charge in [0, 0.05) is 42.5 Å². The van der Waals surface area contributed by atoms with Gasteiger partial charge in [-0.2, -0.15) is 4.31 Å². The Morgan fingerprint density at radius 3 is 2.53 bits per heavy atom. The van der Waals surface area contributed by atoms with Gasteiger partial charge in [-0.25, -0.2) is 13.2 Å². The topological polar surface area (TPSA) is 87.2 Å². The molecular formula is C28H30N2O5S. The van der Waals surface area contributed by atoms with Crippen LogP contribution in [0.4, 0.5) is 11.4 Å². The molecule has 5 rings (SSSR count). The quantitative estimate of drug-likeness (QED) is 0.468. The number of aromatic carboxylic acids is 1. The van der Waals surface area contributed by atoms with Crippen molar-refractivity contribution in [3.63, 3.8) is 0 Å². The fourth-order valence-corrected chi connectivity index (χ4v) is 6.72. The Kier molecular flexibility index (Phi) is 6.26. The summed E-state index contributed by atoms with van der Waals surface area (Å²) in [7, 11) is -2.18. The van der Waals surface area contributed by atoms with Gasteiger partial charge in [0.1, 0.15) is 16.7 Å². The molecule has 2 unspecified atom stereocenters. The van der Waals surface area contributed by atoms with Crippen LogP contribution in [0, 0.1) is 0 Å². The summed E-state index contributed by atoms with van der Waals surface area (Å²) < 4.78 is 35.7. The van der Waals surface area contributed by atoms with Gasteiger partial charge in [0.15, 0.2) is 0 Å². The summed E-state index contributed by atoms with van der Waals surface area (Å²) >= 11 is 0. The van der Waals surface area contributed by atoms with Gasteiger partial charge in [-0.1, -0.05) is 44.0 Å². The molecule has 0 aliphatic carbocycles. The highest BCUT2D eigenvalue weighted by Crippen LogP contribution is 2.49. The zero-order chi connectivity index (χ0) is 25.6. The smallest absolute Gasteiger partial charge is 0.335 e. The highest BCUT2D eigenvalue weighted by atomic mass is 32.2. The number of carboxylic acid groups (broad SMARTS) is 1. The molecule has 2 heterocycles. The molecule has 3 aromatic carbocycles. The van der Waals surface area contributed by atoms with E-state index in [0.29, 0.717) is 29.1 Å². The molecule has 0 fully saturated rings. The number of unbranched alkanes of at least 4 members (excludes halogenated alkanes) is 1. The first-order chi connectivity index (χ1) is 17.2. The number of hydrogen-bond acceptors (Lipinski definition) is 5. The van der Waals surface area contributed by atoms with Gasteiger partial charge in [-0.3, -0.25) is 0 Å². The number of nitrogens with zero attached hydrogens (tertiary/aromatic N) is 2. The van der Waals surface area contributed by atoms with E-state index in [9.17, 15) is 18.3 Å². The van der Waals surface area contributed by atoms with Crippen LogP contribution in [0.2, 0.25) is 0 Å². The van der Waals surface area contributed by atoms with E-state index in [1.165, 1.54) is 4.31 Å². The fraction of sp³-hybridized carbons (Fsp3) is 0.321. The molecule has 0 radical (unpaired) electrons. The molecule has 2 atom stereocenters. The average Bonchev–Trinajstić information content (AvgIpc) is 2.95. The van der Waals surface area contributed by atoms with Crippen molar-refractivity contribution in [3.05, 3.63) is 71.8 Å². The Morgan fingerprint density at radius 1 is 1.08 bits per heavy atom. The maximum absolute atomic E-state index is 14.0. The first-order valence-corrected chi connectivity index (χ1v) is 13.7. The number of sulfonamides is 1. The summed E-state index contributed by atoms with van der Waals surface area (Å²) in [5, 5.41) is 9.57. The Morgan fingerprint density at radius 2 is 1.83 bits per heavy atom. The Balaban J connectivity index is 1.76. The number of para-hydroxylation sites is 1. The zero-order valence-electron chi connectivity index (χ0n) is 20.6. The fourth-order valence-electron chi connectivity index (χ4n) is 5.15. The van der Waals surface area contributed by atoms with Gasteiger partial charge < -0.3 is 14.7 Å². The first kappa shape index (κ1) is 24.3. The van der Waals surface area contributed by atoms with Crippen molar-refractivity contribution >= 4 is 27.4 Å². The van der Waals surface area contributed by atoms with Crippen LogP contribution in [0.25, 0.3) is 11.1 Å². The average molecular weight is 507 g/mol. The molecular weight excluding hydrogens is 476 g/mol. The summed E-state index contributed by atoms with van der Waals surface area (Å²) in [6.07, 6.45) is 2.35. The second-order valence-corrected chi connectivity index (χ2v) is 11.4. The lowest BCUT2D eigenvalue weighted by Gasteiger charge is -2.31. The van der Waals surface area contributed by atoms with Crippen molar-refractivity contribution in [2.75, 3.05) is 18.5 Å². The molecule has 3 aromatic rings. The number of ether oxygens (including phenoxy) is 1. The van der Waals surface area contributed by atoms with Crippen molar-refractivity contribution in [3.8, 4) is 16.9 Å². The van der Waals surface area contributed by atoms with Crippen molar-refractivity contribution in [2.45, 2.75) is 50.2 Å². The maximum Gasteiger partial charge on any atom is 0.335 e. The van der Waals surface area contributed by atoms with Gasteiger partial charge >= 0.3 is 5.97 Å². The first-order valence-electron chi connectivity index (χ1n) is 12.2. The van der Waals surface area contributed by atoms with E-state index in [2.05, 4.69) is 11.8 Å². The molecule has 1 N–H and O–H groups in total. The van der Waals surface area contributed by atoms with E-state index in [4.69, 9.17) is 4.74 Å². The molecule has 36 heavy (non-hydrogen) atoms. The molecule has 0 saturated heterocycles. The van der Waals surface area contributed by atoms with E-state index in [1.807, 2.05) is 37.3 Å². The summed E-state index contributed by atoms with van der Waals surface area (Å²) in [6, 6.07) is 18.0. The summed E-state index contributed by atoms with van der Waals surface area (Å²) in [4.78, 5) is 13.9. The standard InChI is InChI=1S/C28H30N2O5S/c1-4-5-9-21-17-30(20-10-7-6-8-11-20)25-16-26-24(15-27(25)36(33,34)29(21)3)23-14-19(28(31)32)12-13-22(23)18(2)35-26/h6-8,10-16,18,21H,4-5,9,17H2,1-3H3,(H,31,32). The van der Waals surface area contributed by atoms with Crippen LogP contribution in [0.5, 0.6) is 5.75 Å². The van der Waals surface area contributed by atoms with Gasteiger partial charge in [0.25, 0.3) is 0 Å². The van der Waals surface area contributed by atoms with Crippen LogP contribution in [-0.4, -0.2) is 43.4 Å². The van der Waals surface area contributed by atoms with E-state index in [0.717, 1.165) is 30.5 Å². The van der Waals surface area contributed by atoms with Crippen LogP contribution >= 0.6 is 0 Å².